The molecule has 0 saturated heterocycles. The quantitative estimate of drug-likeness (QED) is 0.176. The highest BCUT2D eigenvalue weighted by atomic mass is 19.1. The molecule has 0 spiro atoms. The van der Waals surface area contributed by atoms with Crippen LogP contribution in [0, 0.1) is 11.2 Å². The van der Waals surface area contributed by atoms with Crippen molar-refractivity contribution in [2.24, 2.45) is 5.41 Å². The van der Waals surface area contributed by atoms with Crippen molar-refractivity contribution in [1.82, 2.24) is 0 Å². The average Bonchev–Trinajstić information content (AvgIpc) is 3.15. The van der Waals surface area contributed by atoms with Crippen LogP contribution in [0.15, 0.2) is 102 Å². The van der Waals surface area contributed by atoms with Gasteiger partial charge in [0.2, 0.25) is 5.91 Å². The van der Waals surface area contributed by atoms with Gasteiger partial charge in [-0.25, -0.2) is 4.39 Å². The van der Waals surface area contributed by atoms with Crippen LogP contribution >= 0.6 is 0 Å². The molecule has 4 aromatic rings. The van der Waals surface area contributed by atoms with Crippen molar-refractivity contribution >= 4 is 17.3 Å². The van der Waals surface area contributed by atoms with Gasteiger partial charge in [0.05, 0.1) is 25.3 Å². The van der Waals surface area contributed by atoms with Gasteiger partial charge in [-0.2, -0.15) is 0 Å². The lowest BCUT2D eigenvalue weighted by atomic mass is 9.83. The lowest BCUT2D eigenvalue weighted by Crippen LogP contribution is -2.37. The number of rotatable bonds is 10. The van der Waals surface area contributed by atoms with Crippen LogP contribution in [0.5, 0.6) is 17.2 Å². The monoisotopic (exact) mass is 608 g/mol. The second kappa shape index (κ2) is 13.5. The second-order valence-corrected chi connectivity index (χ2v) is 12.3. The first-order valence-electron chi connectivity index (χ1n) is 15.3. The Bertz CT molecular complexity index is 1700. The number of allylic oxidation sites excluding steroid dienone is 1. The molecule has 1 unspecified atom stereocenters. The standard InChI is InChI=1S/C38H41FN2O4/c1-6-38(3,4)23-32-25(2)37(30-19-18-29(22-31(30)39)45-24-26-12-8-7-9-13-26)41(33-16-11-17-34(42)36(33)40-32)35(43)21-27-14-10-15-28(20-27)44-5/h7-20,22,37,40,42H,6,21,23-24H2,1-5H3. The molecular formula is C38H41FN2O4. The molecule has 0 saturated carbocycles. The van der Waals surface area contributed by atoms with Gasteiger partial charge in [0.15, 0.2) is 0 Å². The molecule has 234 valence electrons. The lowest BCUT2D eigenvalue weighted by Gasteiger charge is -2.33. The Morgan fingerprint density at radius 2 is 1.69 bits per heavy atom. The van der Waals surface area contributed by atoms with Crippen molar-refractivity contribution in [3.63, 3.8) is 0 Å². The number of nitrogens with one attached hydrogen (secondary N) is 1. The van der Waals surface area contributed by atoms with Crippen molar-refractivity contribution in [2.45, 2.75) is 59.6 Å². The fraction of sp³-hybridized carbons (Fsp3) is 0.289. The third kappa shape index (κ3) is 7.14. The number of hydrogen-bond acceptors (Lipinski definition) is 5. The number of anilines is 2. The Labute approximate surface area is 265 Å². The molecule has 1 amide bonds. The maximum absolute atomic E-state index is 16.3. The third-order valence-corrected chi connectivity index (χ3v) is 8.59. The van der Waals surface area contributed by atoms with E-state index in [1.807, 2.05) is 61.5 Å². The van der Waals surface area contributed by atoms with Crippen LogP contribution in [0.4, 0.5) is 15.8 Å². The largest absolute Gasteiger partial charge is 0.506 e. The van der Waals surface area contributed by atoms with Gasteiger partial charge in [-0.1, -0.05) is 75.7 Å². The van der Waals surface area contributed by atoms with E-state index in [9.17, 15) is 9.90 Å². The predicted molar refractivity (Wildman–Crippen MR) is 177 cm³/mol. The van der Waals surface area contributed by atoms with E-state index in [-0.39, 0.29) is 23.5 Å². The number of phenolic OH excluding ortho intramolecular Hbond substituents is 1. The summed E-state index contributed by atoms with van der Waals surface area (Å²) in [4.78, 5) is 16.0. The number of benzene rings is 4. The Kier molecular flexibility index (Phi) is 9.47. The highest BCUT2D eigenvalue weighted by molar-refractivity contribution is 6.01. The molecule has 7 heteroatoms. The number of halogens is 1. The Hall–Kier alpha value is -4.78. The number of ether oxygens (including phenoxy) is 2. The number of nitrogens with zero attached hydrogens (tertiary/aromatic N) is 1. The van der Waals surface area contributed by atoms with Crippen molar-refractivity contribution in [3.05, 3.63) is 125 Å². The Morgan fingerprint density at radius 3 is 2.40 bits per heavy atom. The first-order chi connectivity index (χ1) is 21.6. The number of aromatic hydroxyl groups is 1. The van der Waals surface area contributed by atoms with Gasteiger partial charge in [-0.15, -0.1) is 0 Å². The summed E-state index contributed by atoms with van der Waals surface area (Å²) in [6, 6.07) is 26.2. The molecule has 0 bridgehead atoms. The van der Waals surface area contributed by atoms with Crippen LogP contribution in [-0.4, -0.2) is 18.1 Å². The smallest absolute Gasteiger partial charge is 0.232 e. The van der Waals surface area contributed by atoms with Crippen LogP contribution in [0.1, 0.15) is 63.3 Å². The number of carbonyl (C=O) groups excluding carboxylic acids is 1. The summed E-state index contributed by atoms with van der Waals surface area (Å²) in [5, 5.41) is 14.5. The molecule has 0 aliphatic carbocycles. The van der Waals surface area contributed by atoms with Gasteiger partial charge in [0.25, 0.3) is 0 Å². The number of para-hydroxylation sites is 1. The molecule has 0 aromatic heterocycles. The highest BCUT2D eigenvalue weighted by Gasteiger charge is 2.37. The van der Waals surface area contributed by atoms with E-state index < -0.39 is 11.9 Å². The van der Waals surface area contributed by atoms with Gasteiger partial charge in [-0.05, 0) is 71.9 Å². The Morgan fingerprint density at radius 1 is 0.956 bits per heavy atom. The average molecular weight is 609 g/mol. The first kappa shape index (κ1) is 31.6. The van der Waals surface area contributed by atoms with Crippen molar-refractivity contribution < 1.29 is 23.8 Å². The zero-order chi connectivity index (χ0) is 32.1. The first-order valence-corrected chi connectivity index (χ1v) is 15.3. The topological polar surface area (TPSA) is 71.0 Å². The van der Waals surface area contributed by atoms with E-state index in [2.05, 4.69) is 26.1 Å². The van der Waals surface area contributed by atoms with Crippen LogP contribution in [-0.2, 0) is 17.8 Å². The predicted octanol–water partition coefficient (Wildman–Crippen LogP) is 8.96. The molecular weight excluding hydrogens is 567 g/mol. The summed E-state index contributed by atoms with van der Waals surface area (Å²) >= 11 is 0. The zero-order valence-electron chi connectivity index (χ0n) is 26.6. The normalized spacial score (nSPS) is 14.8. The van der Waals surface area contributed by atoms with Gasteiger partial charge in [0, 0.05) is 17.3 Å². The lowest BCUT2D eigenvalue weighted by molar-refractivity contribution is -0.118. The molecule has 0 radical (unpaired) electrons. The minimum Gasteiger partial charge on any atom is -0.506 e. The van der Waals surface area contributed by atoms with Crippen molar-refractivity contribution in [1.29, 1.82) is 0 Å². The van der Waals surface area contributed by atoms with E-state index >= 15 is 4.39 Å². The van der Waals surface area contributed by atoms with Crippen LogP contribution in [0.3, 0.4) is 0 Å². The molecule has 1 aliphatic heterocycles. The van der Waals surface area contributed by atoms with Crippen LogP contribution in [0.25, 0.3) is 0 Å². The van der Waals surface area contributed by atoms with Gasteiger partial charge in [0.1, 0.15) is 35.4 Å². The van der Waals surface area contributed by atoms with Crippen molar-refractivity contribution in [2.75, 3.05) is 17.3 Å². The summed E-state index contributed by atoms with van der Waals surface area (Å²) < 4.78 is 27.6. The van der Waals surface area contributed by atoms with E-state index in [0.29, 0.717) is 41.5 Å². The highest BCUT2D eigenvalue weighted by Crippen LogP contribution is 2.48. The molecule has 4 aromatic carbocycles. The number of amides is 1. The fourth-order valence-corrected chi connectivity index (χ4v) is 5.64. The SMILES string of the molecule is CCC(C)(C)CC1=C(C)C(c2ccc(OCc3ccccc3)cc2F)N(C(=O)Cc2cccc(OC)c2)c2cccc(O)c2N1. The molecule has 6 nitrogen and oxygen atoms in total. The summed E-state index contributed by atoms with van der Waals surface area (Å²) in [6.45, 7) is 8.72. The van der Waals surface area contributed by atoms with Gasteiger partial charge in [-0.3, -0.25) is 9.69 Å². The molecule has 5 rings (SSSR count). The number of phenols is 1. The second-order valence-electron chi connectivity index (χ2n) is 12.3. The van der Waals surface area contributed by atoms with E-state index in [0.717, 1.165) is 28.8 Å². The summed E-state index contributed by atoms with van der Waals surface area (Å²) in [6.07, 6.45) is 1.59. The number of carbonyl (C=O) groups is 1. The number of fused-ring (bicyclic) bond motifs is 1. The minimum absolute atomic E-state index is 0.0112. The maximum Gasteiger partial charge on any atom is 0.232 e. The fourth-order valence-electron chi connectivity index (χ4n) is 5.64. The molecule has 1 heterocycles. The summed E-state index contributed by atoms with van der Waals surface area (Å²) in [5.74, 6) is 0.317. The maximum atomic E-state index is 16.3. The molecule has 1 atom stereocenters. The van der Waals surface area contributed by atoms with E-state index in [4.69, 9.17) is 9.47 Å². The minimum atomic E-state index is -0.788. The molecule has 45 heavy (non-hydrogen) atoms. The Balaban J connectivity index is 1.63. The summed E-state index contributed by atoms with van der Waals surface area (Å²) in [7, 11) is 1.58. The molecule has 2 N–H and O–H groups in total. The van der Waals surface area contributed by atoms with E-state index in [1.54, 1.807) is 42.3 Å². The zero-order valence-corrected chi connectivity index (χ0v) is 26.6. The third-order valence-electron chi connectivity index (χ3n) is 8.59. The van der Waals surface area contributed by atoms with E-state index in [1.165, 1.54) is 6.07 Å². The van der Waals surface area contributed by atoms with Crippen LogP contribution in [0.2, 0.25) is 0 Å². The number of hydrogen-bond donors (Lipinski definition) is 2. The summed E-state index contributed by atoms with van der Waals surface area (Å²) in [5.41, 5.74) is 4.51. The van der Waals surface area contributed by atoms with Crippen molar-refractivity contribution in [3.8, 4) is 17.2 Å². The number of methoxy groups -OCH3 is 1. The molecule has 0 fully saturated rings. The van der Waals surface area contributed by atoms with Gasteiger partial charge < -0.3 is 19.9 Å². The van der Waals surface area contributed by atoms with Crippen LogP contribution < -0.4 is 19.7 Å². The van der Waals surface area contributed by atoms with Gasteiger partial charge >= 0.3 is 0 Å². The molecule has 1 aliphatic rings.